The zero-order valence-corrected chi connectivity index (χ0v) is 18.6. The number of nitrogens with zero attached hydrogens (tertiary/aromatic N) is 1. The van der Waals surface area contributed by atoms with Crippen LogP contribution in [0.15, 0.2) is 77.3 Å². The highest BCUT2D eigenvalue weighted by molar-refractivity contribution is 9.10. The van der Waals surface area contributed by atoms with Gasteiger partial charge in [-0.15, -0.1) is 0 Å². The number of nitrogens with one attached hydrogen (secondary N) is 1. The molecule has 0 radical (unpaired) electrons. The first-order valence-corrected chi connectivity index (χ1v) is 10.4. The summed E-state index contributed by atoms with van der Waals surface area (Å²) in [5.41, 5.74) is 2.06. The number of halogens is 2. The summed E-state index contributed by atoms with van der Waals surface area (Å²) in [6.07, 6.45) is 0. The number of rotatable bonds is 7. The van der Waals surface area contributed by atoms with Crippen LogP contribution in [0.3, 0.4) is 0 Å². The molecule has 7 heteroatoms. The number of anilines is 1. The van der Waals surface area contributed by atoms with E-state index in [1.54, 1.807) is 54.4 Å². The molecule has 3 aromatic carbocycles. The summed E-state index contributed by atoms with van der Waals surface area (Å²) in [5.74, 6) is 0.0522. The van der Waals surface area contributed by atoms with Crippen LogP contribution in [0.2, 0.25) is 5.02 Å². The Bertz CT molecular complexity index is 1040. The van der Waals surface area contributed by atoms with E-state index in [1.807, 2.05) is 30.3 Å². The number of carbonyl (C=O) groups is 2. The lowest BCUT2D eigenvalue weighted by Crippen LogP contribution is -2.26. The van der Waals surface area contributed by atoms with E-state index in [-0.39, 0.29) is 18.4 Å². The molecular weight excluding hydrogens is 468 g/mol. The minimum Gasteiger partial charge on any atom is -0.483 e. The van der Waals surface area contributed by atoms with E-state index in [0.29, 0.717) is 33.0 Å². The maximum Gasteiger partial charge on any atom is 0.262 e. The largest absolute Gasteiger partial charge is 0.483 e. The van der Waals surface area contributed by atoms with Gasteiger partial charge in [0, 0.05) is 29.9 Å². The Balaban J connectivity index is 1.59. The van der Waals surface area contributed by atoms with Crippen molar-refractivity contribution in [2.24, 2.45) is 0 Å². The standard InChI is InChI=1S/C23H20BrClN2O3/c1-27(14-16-6-3-2-4-7-16)23(29)17-8-5-9-19(12-17)26-22(28)15-30-21-11-10-18(25)13-20(21)24/h2-13H,14-15H2,1H3,(H,26,28). The molecule has 30 heavy (non-hydrogen) atoms. The zero-order valence-electron chi connectivity index (χ0n) is 16.3. The molecule has 0 aromatic heterocycles. The average molecular weight is 488 g/mol. The third-order valence-electron chi connectivity index (χ3n) is 4.26. The Morgan fingerprint density at radius 2 is 1.80 bits per heavy atom. The fourth-order valence-corrected chi connectivity index (χ4v) is 3.61. The molecule has 0 heterocycles. The molecule has 154 valence electrons. The van der Waals surface area contributed by atoms with Crippen molar-refractivity contribution in [3.63, 3.8) is 0 Å². The van der Waals surface area contributed by atoms with Gasteiger partial charge in [-0.2, -0.15) is 0 Å². The monoisotopic (exact) mass is 486 g/mol. The van der Waals surface area contributed by atoms with Crippen molar-refractivity contribution in [3.05, 3.63) is 93.4 Å². The highest BCUT2D eigenvalue weighted by Gasteiger charge is 2.13. The SMILES string of the molecule is CN(Cc1ccccc1)C(=O)c1cccc(NC(=O)COc2ccc(Cl)cc2Br)c1. The van der Waals surface area contributed by atoms with Crippen LogP contribution in [0.4, 0.5) is 5.69 Å². The molecule has 0 spiro atoms. The molecule has 0 aliphatic carbocycles. The quantitative estimate of drug-likeness (QED) is 0.486. The summed E-state index contributed by atoms with van der Waals surface area (Å²) in [4.78, 5) is 26.6. The fraction of sp³-hybridized carbons (Fsp3) is 0.130. The number of hydrogen-bond acceptors (Lipinski definition) is 3. The van der Waals surface area contributed by atoms with Crippen molar-refractivity contribution in [1.29, 1.82) is 0 Å². The normalized spacial score (nSPS) is 10.4. The minimum absolute atomic E-state index is 0.128. The van der Waals surface area contributed by atoms with Gasteiger partial charge in [-0.25, -0.2) is 0 Å². The lowest BCUT2D eigenvalue weighted by atomic mass is 10.1. The lowest BCUT2D eigenvalue weighted by molar-refractivity contribution is -0.118. The van der Waals surface area contributed by atoms with Crippen molar-refractivity contribution < 1.29 is 14.3 Å². The molecule has 0 aliphatic rings. The second-order valence-corrected chi connectivity index (χ2v) is 7.93. The number of hydrogen-bond donors (Lipinski definition) is 1. The predicted molar refractivity (Wildman–Crippen MR) is 122 cm³/mol. The zero-order chi connectivity index (χ0) is 21.5. The molecule has 0 fully saturated rings. The second-order valence-electron chi connectivity index (χ2n) is 6.64. The Labute approximate surface area is 188 Å². The lowest BCUT2D eigenvalue weighted by Gasteiger charge is -2.18. The maximum absolute atomic E-state index is 12.7. The Morgan fingerprint density at radius 1 is 1.03 bits per heavy atom. The van der Waals surface area contributed by atoms with Gasteiger partial charge in [0.15, 0.2) is 6.61 Å². The van der Waals surface area contributed by atoms with E-state index >= 15 is 0 Å². The van der Waals surface area contributed by atoms with Crippen LogP contribution >= 0.6 is 27.5 Å². The Hall–Kier alpha value is -2.83. The molecule has 0 unspecified atom stereocenters. The van der Waals surface area contributed by atoms with E-state index < -0.39 is 0 Å². The number of carbonyl (C=O) groups excluding carboxylic acids is 2. The van der Waals surface area contributed by atoms with E-state index in [0.717, 1.165) is 5.56 Å². The molecule has 0 saturated heterocycles. The first kappa shape index (κ1) is 21.9. The second kappa shape index (κ2) is 10.3. The molecule has 1 N–H and O–H groups in total. The third kappa shape index (κ3) is 6.08. The molecule has 5 nitrogen and oxygen atoms in total. The molecule has 0 atom stereocenters. The van der Waals surface area contributed by atoms with E-state index in [9.17, 15) is 9.59 Å². The van der Waals surface area contributed by atoms with Crippen LogP contribution in [-0.2, 0) is 11.3 Å². The van der Waals surface area contributed by atoms with E-state index in [4.69, 9.17) is 16.3 Å². The van der Waals surface area contributed by atoms with Crippen LogP contribution in [0.5, 0.6) is 5.75 Å². The molecule has 0 saturated carbocycles. The average Bonchev–Trinajstić information content (AvgIpc) is 2.73. The first-order chi connectivity index (χ1) is 14.4. The molecule has 2 amide bonds. The van der Waals surface area contributed by atoms with E-state index in [1.165, 1.54) is 0 Å². The van der Waals surface area contributed by atoms with Gasteiger partial charge >= 0.3 is 0 Å². The molecule has 0 aliphatic heterocycles. The van der Waals surface area contributed by atoms with Crippen LogP contribution in [0.1, 0.15) is 15.9 Å². The topological polar surface area (TPSA) is 58.6 Å². The van der Waals surface area contributed by atoms with Crippen LogP contribution < -0.4 is 10.1 Å². The number of benzene rings is 3. The summed E-state index contributed by atoms with van der Waals surface area (Å²) >= 11 is 9.24. The van der Waals surface area contributed by atoms with Crippen LogP contribution in [-0.4, -0.2) is 30.4 Å². The van der Waals surface area contributed by atoms with Gasteiger partial charge in [-0.05, 0) is 57.9 Å². The van der Waals surface area contributed by atoms with Gasteiger partial charge in [0.05, 0.1) is 4.47 Å². The van der Waals surface area contributed by atoms with Gasteiger partial charge in [-0.3, -0.25) is 9.59 Å². The van der Waals surface area contributed by atoms with Gasteiger partial charge in [0.2, 0.25) is 0 Å². The summed E-state index contributed by atoms with van der Waals surface area (Å²) in [5, 5.41) is 3.32. The Kier molecular flexibility index (Phi) is 7.49. The van der Waals surface area contributed by atoms with Gasteiger partial charge in [0.25, 0.3) is 11.8 Å². The van der Waals surface area contributed by atoms with Crippen molar-refractivity contribution in [1.82, 2.24) is 4.90 Å². The first-order valence-electron chi connectivity index (χ1n) is 9.19. The van der Waals surface area contributed by atoms with E-state index in [2.05, 4.69) is 21.2 Å². The van der Waals surface area contributed by atoms with Crippen molar-refractivity contribution in [3.8, 4) is 5.75 Å². The summed E-state index contributed by atoms with van der Waals surface area (Å²) in [6.45, 7) is 0.326. The minimum atomic E-state index is -0.334. The molecular formula is C23H20BrClN2O3. The van der Waals surface area contributed by atoms with Gasteiger partial charge < -0.3 is 15.0 Å². The molecule has 3 rings (SSSR count). The van der Waals surface area contributed by atoms with Crippen molar-refractivity contribution >= 4 is 45.0 Å². The smallest absolute Gasteiger partial charge is 0.262 e. The van der Waals surface area contributed by atoms with Crippen molar-refractivity contribution in [2.75, 3.05) is 19.0 Å². The maximum atomic E-state index is 12.7. The third-order valence-corrected chi connectivity index (χ3v) is 5.11. The summed E-state index contributed by atoms with van der Waals surface area (Å²) in [7, 11) is 1.75. The molecule has 3 aromatic rings. The summed E-state index contributed by atoms with van der Waals surface area (Å²) < 4.78 is 6.18. The number of amides is 2. The predicted octanol–water partition coefficient (Wildman–Crippen LogP) is 5.39. The van der Waals surface area contributed by atoms with Gasteiger partial charge in [-0.1, -0.05) is 48.0 Å². The highest BCUT2D eigenvalue weighted by atomic mass is 79.9. The summed E-state index contributed by atoms with van der Waals surface area (Å²) in [6, 6.07) is 21.6. The van der Waals surface area contributed by atoms with Crippen LogP contribution in [0.25, 0.3) is 0 Å². The highest BCUT2D eigenvalue weighted by Crippen LogP contribution is 2.28. The molecule has 0 bridgehead atoms. The van der Waals surface area contributed by atoms with Crippen molar-refractivity contribution in [2.45, 2.75) is 6.54 Å². The fourth-order valence-electron chi connectivity index (χ4n) is 2.81. The Morgan fingerprint density at radius 3 is 2.53 bits per heavy atom. The van der Waals surface area contributed by atoms with Gasteiger partial charge in [0.1, 0.15) is 5.75 Å². The van der Waals surface area contributed by atoms with Crippen LogP contribution in [0, 0.1) is 0 Å². The number of ether oxygens (including phenoxy) is 1.